The Bertz CT molecular complexity index is 667. The van der Waals surface area contributed by atoms with E-state index in [0.29, 0.717) is 19.3 Å². The van der Waals surface area contributed by atoms with Gasteiger partial charge in [-0.15, -0.1) is 11.3 Å². The molecule has 2 aromatic rings. The zero-order valence-corrected chi connectivity index (χ0v) is 13.7. The van der Waals surface area contributed by atoms with E-state index in [9.17, 15) is 0 Å². The summed E-state index contributed by atoms with van der Waals surface area (Å²) in [6.45, 7) is 5.70. The van der Waals surface area contributed by atoms with Crippen LogP contribution in [-0.2, 0) is 13.0 Å². The van der Waals surface area contributed by atoms with Crippen molar-refractivity contribution in [1.29, 1.82) is 0 Å². The molecule has 116 valence electrons. The largest absolute Gasteiger partial charge is 0.486 e. The van der Waals surface area contributed by atoms with Crippen LogP contribution in [0.1, 0.15) is 35.4 Å². The molecule has 1 atom stereocenters. The van der Waals surface area contributed by atoms with Gasteiger partial charge in [0.15, 0.2) is 11.5 Å². The zero-order valence-electron chi connectivity index (χ0n) is 12.9. The van der Waals surface area contributed by atoms with Gasteiger partial charge in [0, 0.05) is 24.0 Å². The summed E-state index contributed by atoms with van der Waals surface area (Å²) in [6.07, 6.45) is 2.34. The number of fused-ring (bicyclic) bond motifs is 2. The Kier molecular flexibility index (Phi) is 3.80. The van der Waals surface area contributed by atoms with Gasteiger partial charge in [0.1, 0.15) is 13.2 Å². The number of hydrogen-bond donors (Lipinski definition) is 0. The standard InChI is InChI=1S/C18H21NO2S/c1-2-15-14-6-10-22-18(14)5-7-19(15)12-13-3-4-16-17(11-13)21-9-8-20-16/h3-4,6,10-11,15H,2,5,7-9,12H2,1H3/t15-/m0/s1. The Morgan fingerprint density at radius 1 is 1.18 bits per heavy atom. The van der Waals surface area contributed by atoms with E-state index in [1.165, 1.54) is 17.5 Å². The van der Waals surface area contributed by atoms with E-state index < -0.39 is 0 Å². The van der Waals surface area contributed by atoms with Crippen molar-refractivity contribution in [2.75, 3.05) is 19.8 Å². The molecule has 0 spiro atoms. The molecule has 0 bridgehead atoms. The average Bonchev–Trinajstić information content (AvgIpc) is 3.03. The number of rotatable bonds is 3. The maximum atomic E-state index is 5.71. The first-order valence-electron chi connectivity index (χ1n) is 8.04. The van der Waals surface area contributed by atoms with Crippen molar-refractivity contribution in [2.45, 2.75) is 32.4 Å². The van der Waals surface area contributed by atoms with Gasteiger partial charge < -0.3 is 9.47 Å². The van der Waals surface area contributed by atoms with Crippen molar-refractivity contribution in [1.82, 2.24) is 4.90 Å². The normalized spacial score (nSPS) is 20.7. The monoisotopic (exact) mass is 315 g/mol. The molecule has 0 amide bonds. The number of thiophene rings is 1. The van der Waals surface area contributed by atoms with Crippen molar-refractivity contribution in [3.8, 4) is 11.5 Å². The summed E-state index contributed by atoms with van der Waals surface area (Å²) in [6, 6.07) is 9.21. The fourth-order valence-corrected chi connectivity index (χ4v) is 4.46. The minimum absolute atomic E-state index is 0.545. The molecule has 3 heterocycles. The molecule has 1 aromatic carbocycles. The third-order valence-corrected chi connectivity index (χ3v) is 5.58. The molecule has 22 heavy (non-hydrogen) atoms. The Hall–Kier alpha value is -1.52. The van der Waals surface area contributed by atoms with Crippen LogP contribution in [0.5, 0.6) is 11.5 Å². The van der Waals surface area contributed by atoms with Gasteiger partial charge in [0.05, 0.1) is 0 Å². The Morgan fingerprint density at radius 3 is 2.91 bits per heavy atom. The molecule has 0 N–H and O–H groups in total. The summed E-state index contributed by atoms with van der Waals surface area (Å²) >= 11 is 1.91. The number of benzene rings is 1. The van der Waals surface area contributed by atoms with Crippen LogP contribution in [0, 0.1) is 0 Å². The lowest BCUT2D eigenvalue weighted by Gasteiger charge is -2.35. The van der Waals surface area contributed by atoms with E-state index in [1.807, 2.05) is 17.4 Å². The third kappa shape index (κ3) is 2.50. The molecule has 0 radical (unpaired) electrons. The molecule has 3 nitrogen and oxygen atoms in total. The highest BCUT2D eigenvalue weighted by Crippen LogP contribution is 2.37. The fourth-order valence-electron chi connectivity index (χ4n) is 3.54. The van der Waals surface area contributed by atoms with Crippen LogP contribution in [-0.4, -0.2) is 24.7 Å². The first-order valence-corrected chi connectivity index (χ1v) is 8.92. The lowest BCUT2D eigenvalue weighted by Crippen LogP contribution is -2.34. The van der Waals surface area contributed by atoms with E-state index >= 15 is 0 Å². The van der Waals surface area contributed by atoms with Gasteiger partial charge in [-0.05, 0) is 47.5 Å². The van der Waals surface area contributed by atoms with Crippen molar-refractivity contribution in [3.63, 3.8) is 0 Å². The second-order valence-electron chi connectivity index (χ2n) is 5.92. The molecule has 4 heteroatoms. The van der Waals surface area contributed by atoms with Crippen LogP contribution in [0.25, 0.3) is 0 Å². The second-order valence-corrected chi connectivity index (χ2v) is 6.92. The quantitative estimate of drug-likeness (QED) is 0.853. The molecule has 0 unspecified atom stereocenters. The van der Waals surface area contributed by atoms with Crippen molar-refractivity contribution in [3.05, 3.63) is 45.6 Å². The van der Waals surface area contributed by atoms with Gasteiger partial charge in [-0.1, -0.05) is 13.0 Å². The molecule has 0 fully saturated rings. The summed E-state index contributed by atoms with van der Waals surface area (Å²) in [4.78, 5) is 4.17. The highest BCUT2D eigenvalue weighted by Gasteiger charge is 2.27. The number of ether oxygens (including phenoxy) is 2. The molecule has 0 aliphatic carbocycles. The van der Waals surface area contributed by atoms with Gasteiger partial charge in [-0.3, -0.25) is 4.90 Å². The molecule has 4 rings (SSSR count). The lowest BCUT2D eigenvalue weighted by atomic mass is 9.97. The maximum Gasteiger partial charge on any atom is 0.161 e. The Morgan fingerprint density at radius 2 is 2.05 bits per heavy atom. The topological polar surface area (TPSA) is 21.7 Å². The summed E-state index contributed by atoms with van der Waals surface area (Å²) < 4.78 is 11.3. The van der Waals surface area contributed by atoms with E-state index in [-0.39, 0.29) is 0 Å². The summed E-state index contributed by atoms with van der Waals surface area (Å²) in [7, 11) is 0. The first-order chi connectivity index (χ1) is 10.8. The highest BCUT2D eigenvalue weighted by molar-refractivity contribution is 7.10. The minimum Gasteiger partial charge on any atom is -0.486 e. The van der Waals surface area contributed by atoms with E-state index in [4.69, 9.17) is 9.47 Å². The minimum atomic E-state index is 0.545. The molecular formula is C18H21NO2S. The molecule has 2 aliphatic heterocycles. The van der Waals surface area contributed by atoms with Gasteiger partial charge in [0.25, 0.3) is 0 Å². The average molecular weight is 315 g/mol. The van der Waals surface area contributed by atoms with Crippen LogP contribution in [0.15, 0.2) is 29.6 Å². The number of nitrogens with zero attached hydrogens (tertiary/aromatic N) is 1. The van der Waals surface area contributed by atoms with Gasteiger partial charge in [-0.2, -0.15) is 0 Å². The SMILES string of the molecule is CC[C@H]1c2ccsc2CCN1Cc1ccc2c(c1)OCCO2. The second kappa shape index (κ2) is 5.94. The van der Waals surface area contributed by atoms with E-state index in [2.05, 4.69) is 35.4 Å². The fraction of sp³-hybridized carbons (Fsp3) is 0.444. The van der Waals surface area contributed by atoms with E-state index in [0.717, 1.165) is 31.0 Å². The predicted octanol–water partition coefficient (Wildman–Crippen LogP) is 4.03. The van der Waals surface area contributed by atoms with Crippen molar-refractivity contribution in [2.24, 2.45) is 0 Å². The molecule has 0 saturated carbocycles. The smallest absolute Gasteiger partial charge is 0.161 e. The molecule has 2 aliphatic rings. The van der Waals surface area contributed by atoms with Crippen LogP contribution in [0.3, 0.4) is 0 Å². The van der Waals surface area contributed by atoms with Crippen LogP contribution < -0.4 is 9.47 Å². The highest BCUT2D eigenvalue weighted by atomic mass is 32.1. The maximum absolute atomic E-state index is 5.71. The Labute approximate surface area is 135 Å². The zero-order chi connectivity index (χ0) is 14.9. The van der Waals surface area contributed by atoms with Crippen LogP contribution in [0.4, 0.5) is 0 Å². The molecule has 0 saturated heterocycles. The molecule has 1 aromatic heterocycles. The Balaban J connectivity index is 1.56. The van der Waals surface area contributed by atoms with Gasteiger partial charge in [-0.25, -0.2) is 0 Å². The van der Waals surface area contributed by atoms with E-state index in [1.54, 1.807) is 4.88 Å². The molecular weight excluding hydrogens is 294 g/mol. The summed E-state index contributed by atoms with van der Waals surface area (Å²) in [5.74, 6) is 1.77. The third-order valence-electron chi connectivity index (χ3n) is 4.58. The first kappa shape index (κ1) is 14.1. The summed E-state index contributed by atoms with van der Waals surface area (Å²) in [5, 5.41) is 2.24. The number of hydrogen-bond acceptors (Lipinski definition) is 4. The van der Waals surface area contributed by atoms with Crippen molar-refractivity contribution >= 4 is 11.3 Å². The predicted molar refractivity (Wildman–Crippen MR) is 88.9 cm³/mol. The van der Waals surface area contributed by atoms with Crippen LogP contribution >= 0.6 is 11.3 Å². The lowest BCUT2D eigenvalue weighted by molar-refractivity contribution is 0.165. The van der Waals surface area contributed by atoms with Crippen molar-refractivity contribution < 1.29 is 9.47 Å². The van der Waals surface area contributed by atoms with Gasteiger partial charge in [0.2, 0.25) is 0 Å². The summed E-state index contributed by atoms with van der Waals surface area (Å²) in [5.41, 5.74) is 2.85. The van der Waals surface area contributed by atoms with Gasteiger partial charge >= 0.3 is 0 Å². The van der Waals surface area contributed by atoms with Crippen LogP contribution in [0.2, 0.25) is 0 Å².